The quantitative estimate of drug-likeness (QED) is 0.431. The Bertz CT molecular complexity index is 1270. The maximum atomic E-state index is 14.3. The van der Waals surface area contributed by atoms with Gasteiger partial charge < -0.3 is 20.4 Å². The number of rotatable bonds is 5. The molecule has 0 radical (unpaired) electrons. The fourth-order valence-corrected chi connectivity index (χ4v) is 5.77. The Kier molecular flexibility index (Phi) is 10.2. The summed E-state index contributed by atoms with van der Waals surface area (Å²) in [5.41, 5.74) is -4.05. The van der Waals surface area contributed by atoms with Gasteiger partial charge in [0, 0.05) is 39.1 Å². The molecule has 6 nitrogen and oxygen atoms in total. The van der Waals surface area contributed by atoms with Crippen molar-refractivity contribution in [1.29, 1.82) is 0 Å². The molecule has 0 saturated carbocycles. The van der Waals surface area contributed by atoms with E-state index in [1.54, 1.807) is 6.92 Å². The van der Waals surface area contributed by atoms with Crippen molar-refractivity contribution in [3.63, 3.8) is 0 Å². The number of ketones is 1. The van der Waals surface area contributed by atoms with E-state index in [0.29, 0.717) is 55.7 Å². The molecule has 4 rings (SSSR count). The molecule has 232 valence electrons. The highest BCUT2D eigenvalue weighted by molar-refractivity contribution is 5.96. The number of aryl methyl sites for hydroxylation is 1. The number of carbonyl (C=O) groups is 2. The molecule has 2 N–H and O–H groups in total. The highest BCUT2D eigenvalue weighted by atomic mass is 35.5. The summed E-state index contributed by atoms with van der Waals surface area (Å²) in [7, 11) is 1.26. The van der Waals surface area contributed by atoms with Gasteiger partial charge in [0.2, 0.25) is 0 Å². The number of hydrogen-bond acceptors (Lipinski definition) is 4. The Morgan fingerprint density at radius 3 is 2.10 bits per heavy atom. The maximum Gasteiger partial charge on any atom is 0.416 e. The second-order valence-corrected chi connectivity index (χ2v) is 10.6. The van der Waals surface area contributed by atoms with Crippen LogP contribution in [0.3, 0.4) is 0 Å². The number of Topliss-reactive ketones (excluding diaryl/α,β-unsaturated/α-hetero) is 1. The number of urea groups is 1. The van der Waals surface area contributed by atoms with E-state index < -0.39 is 53.3 Å². The first-order chi connectivity index (χ1) is 19.1. The molecule has 42 heavy (non-hydrogen) atoms. The second kappa shape index (κ2) is 12.8. The first kappa shape index (κ1) is 33.6. The predicted molar refractivity (Wildman–Crippen MR) is 144 cm³/mol. The van der Waals surface area contributed by atoms with Gasteiger partial charge in [-0.1, -0.05) is 6.07 Å². The third kappa shape index (κ3) is 6.84. The standard InChI is InChI=1S/C28H31F7N4O2.ClH/c1-17-11-22(29)3-4-23(17)26(24(40)19-5-7-36-8-6-19)16-37-9-10-39(26)25(41)38(2)15-18-12-20(27(30,31)32)14-21(13-18)28(33,34)35;/h3-4,11-14,19,36-37H,5-10,15-16H2,1-2H3;1H/t26-;/m1./s1. The monoisotopic (exact) mass is 624 g/mol. The van der Waals surface area contributed by atoms with Crippen molar-refractivity contribution in [3.05, 3.63) is 70.0 Å². The molecule has 2 fully saturated rings. The number of halogens is 8. The molecule has 0 bridgehead atoms. The zero-order chi connectivity index (χ0) is 30.2. The van der Waals surface area contributed by atoms with Crippen LogP contribution in [-0.2, 0) is 29.2 Å². The molecule has 0 aromatic heterocycles. The minimum Gasteiger partial charge on any atom is -0.323 e. The summed E-state index contributed by atoms with van der Waals surface area (Å²) < 4.78 is 94.6. The summed E-state index contributed by atoms with van der Waals surface area (Å²) in [6.45, 7) is 2.58. The van der Waals surface area contributed by atoms with Crippen LogP contribution in [0.15, 0.2) is 36.4 Å². The number of piperidine rings is 1. The zero-order valence-corrected chi connectivity index (χ0v) is 23.8. The summed E-state index contributed by atoms with van der Waals surface area (Å²) in [5.74, 6) is -1.19. The summed E-state index contributed by atoms with van der Waals surface area (Å²) >= 11 is 0. The number of amides is 2. The van der Waals surface area contributed by atoms with Gasteiger partial charge in [-0.3, -0.25) is 4.79 Å². The van der Waals surface area contributed by atoms with Crippen LogP contribution in [0.2, 0.25) is 0 Å². The number of piperazine rings is 1. The SMILES string of the molecule is Cc1cc(F)ccc1[C@@]1(C(=O)C2CCNCC2)CNCCN1C(=O)N(C)Cc1cc(C(F)(F)F)cc(C(F)(F)F)c1.Cl. The molecule has 2 aromatic rings. The molecular weight excluding hydrogens is 593 g/mol. The van der Waals surface area contributed by atoms with Crippen LogP contribution in [-0.4, -0.2) is 61.4 Å². The molecule has 2 aliphatic heterocycles. The lowest BCUT2D eigenvalue weighted by Gasteiger charge is -2.49. The van der Waals surface area contributed by atoms with Gasteiger partial charge in [-0.25, -0.2) is 9.18 Å². The van der Waals surface area contributed by atoms with Gasteiger partial charge >= 0.3 is 18.4 Å². The molecular formula is C28H32ClF7N4O2. The second-order valence-electron chi connectivity index (χ2n) is 10.6. The fourth-order valence-electron chi connectivity index (χ4n) is 5.77. The van der Waals surface area contributed by atoms with Gasteiger partial charge in [0.05, 0.1) is 11.1 Å². The lowest BCUT2D eigenvalue weighted by Crippen LogP contribution is -2.67. The Morgan fingerprint density at radius 2 is 1.55 bits per heavy atom. The normalized spacial score (nSPS) is 20.2. The van der Waals surface area contributed by atoms with Crippen LogP contribution in [0.1, 0.15) is 40.7 Å². The number of benzene rings is 2. The first-order valence-corrected chi connectivity index (χ1v) is 13.2. The van der Waals surface area contributed by atoms with E-state index in [1.807, 2.05) is 0 Å². The average molecular weight is 625 g/mol. The van der Waals surface area contributed by atoms with Crippen molar-refractivity contribution in [2.75, 3.05) is 39.8 Å². The molecule has 2 amide bonds. The van der Waals surface area contributed by atoms with Crippen LogP contribution in [0, 0.1) is 18.7 Å². The van der Waals surface area contributed by atoms with E-state index >= 15 is 0 Å². The van der Waals surface area contributed by atoms with E-state index in [1.165, 1.54) is 30.1 Å². The van der Waals surface area contributed by atoms with Crippen molar-refractivity contribution in [3.8, 4) is 0 Å². The molecule has 0 spiro atoms. The van der Waals surface area contributed by atoms with Crippen LogP contribution >= 0.6 is 12.4 Å². The van der Waals surface area contributed by atoms with E-state index in [4.69, 9.17) is 0 Å². The lowest BCUT2D eigenvalue weighted by molar-refractivity contribution is -0.143. The van der Waals surface area contributed by atoms with Crippen molar-refractivity contribution in [1.82, 2.24) is 20.4 Å². The van der Waals surface area contributed by atoms with Gasteiger partial charge in [-0.15, -0.1) is 12.4 Å². The van der Waals surface area contributed by atoms with Crippen LogP contribution < -0.4 is 10.6 Å². The third-order valence-corrected chi connectivity index (χ3v) is 7.73. The summed E-state index contributed by atoms with van der Waals surface area (Å²) in [4.78, 5) is 30.6. The summed E-state index contributed by atoms with van der Waals surface area (Å²) in [6, 6.07) is 4.35. The molecule has 2 aromatic carbocycles. The Balaban J connectivity index is 0.00000484. The third-order valence-electron chi connectivity index (χ3n) is 7.73. The van der Waals surface area contributed by atoms with Gasteiger partial charge in [-0.05, 0) is 79.9 Å². The molecule has 1 atom stereocenters. The number of alkyl halides is 6. The van der Waals surface area contributed by atoms with E-state index in [0.717, 1.165) is 4.90 Å². The van der Waals surface area contributed by atoms with Crippen molar-refractivity contribution >= 4 is 24.2 Å². The Hall–Kier alpha value is -2.90. The van der Waals surface area contributed by atoms with Gasteiger partial charge in [0.25, 0.3) is 0 Å². The molecule has 2 saturated heterocycles. The van der Waals surface area contributed by atoms with Gasteiger partial charge in [0.15, 0.2) is 5.78 Å². The van der Waals surface area contributed by atoms with E-state index in [9.17, 15) is 40.3 Å². The van der Waals surface area contributed by atoms with Crippen molar-refractivity contribution in [2.24, 2.45) is 5.92 Å². The van der Waals surface area contributed by atoms with E-state index in [-0.39, 0.29) is 42.9 Å². The largest absolute Gasteiger partial charge is 0.416 e. The predicted octanol–water partition coefficient (Wildman–Crippen LogP) is 5.51. The van der Waals surface area contributed by atoms with Crippen molar-refractivity contribution < 1.29 is 40.3 Å². The van der Waals surface area contributed by atoms with Gasteiger partial charge in [-0.2, -0.15) is 26.3 Å². The molecule has 2 heterocycles. The zero-order valence-electron chi connectivity index (χ0n) is 23.0. The van der Waals surface area contributed by atoms with Crippen LogP contribution in [0.5, 0.6) is 0 Å². The topological polar surface area (TPSA) is 64.7 Å². The number of nitrogens with zero attached hydrogens (tertiary/aromatic N) is 2. The van der Waals surface area contributed by atoms with Crippen molar-refractivity contribution in [2.45, 2.75) is 44.2 Å². The number of carbonyl (C=O) groups excluding carboxylic acids is 2. The molecule has 0 aliphatic carbocycles. The summed E-state index contributed by atoms with van der Waals surface area (Å²) in [5, 5.41) is 6.35. The minimum absolute atomic E-state index is 0. The lowest BCUT2D eigenvalue weighted by atomic mass is 9.73. The molecule has 2 aliphatic rings. The highest BCUT2D eigenvalue weighted by Gasteiger charge is 2.52. The molecule has 0 unspecified atom stereocenters. The average Bonchev–Trinajstić information content (AvgIpc) is 2.91. The smallest absolute Gasteiger partial charge is 0.323 e. The first-order valence-electron chi connectivity index (χ1n) is 13.2. The molecule has 14 heteroatoms. The van der Waals surface area contributed by atoms with Crippen LogP contribution in [0.4, 0.5) is 35.5 Å². The van der Waals surface area contributed by atoms with E-state index in [2.05, 4.69) is 10.6 Å². The fraction of sp³-hybridized carbons (Fsp3) is 0.500. The number of hydrogen-bond donors (Lipinski definition) is 2. The summed E-state index contributed by atoms with van der Waals surface area (Å²) in [6.07, 6.45) is -9.03. The minimum atomic E-state index is -5.03. The Morgan fingerprint density at radius 1 is 0.952 bits per heavy atom. The Labute approximate surface area is 245 Å². The number of nitrogens with one attached hydrogen (secondary N) is 2. The highest BCUT2D eigenvalue weighted by Crippen LogP contribution is 2.39. The van der Waals surface area contributed by atoms with Crippen LogP contribution in [0.25, 0.3) is 0 Å². The maximum absolute atomic E-state index is 14.3. The van der Waals surface area contributed by atoms with Gasteiger partial charge in [0.1, 0.15) is 11.4 Å².